The summed E-state index contributed by atoms with van der Waals surface area (Å²) >= 11 is 0. The second kappa shape index (κ2) is 5.31. The van der Waals surface area contributed by atoms with E-state index in [9.17, 15) is 4.79 Å². The predicted molar refractivity (Wildman–Crippen MR) is 66.3 cm³/mol. The standard InChI is InChI=1S/C14H26O2/c1-10(9-16-5)12-8-11(14(2,3)4)6-7-13(12)15/h10-12H,6-9H2,1-5H3. The molecule has 3 unspecified atom stereocenters. The highest BCUT2D eigenvalue weighted by molar-refractivity contribution is 5.82. The van der Waals surface area contributed by atoms with Gasteiger partial charge in [-0.15, -0.1) is 0 Å². The van der Waals surface area contributed by atoms with E-state index in [2.05, 4.69) is 27.7 Å². The molecule has 2 nitrogen and oxygen atoms in total. The zero-order chi connectivity index (χ0) is 12.3. The molecule has 1 saturated carbocycles. The quantitative estimate of drug-likeness (QED) is 0.738. The summed E-state index contributed by atoms with van der Waals surface area (Å²) in [6.07, 6.45) is 2.88. The van der Waals surface area contributed by atoms with Gasteiger partial charge in [-0.2, -0.15) is 0 Å². The van der Waals surface area contributed by atoms with Gasteiger partial charge in [0.15, 0.2) is 0 Å². The lowest BCUT2D eigenvalue weighted by atomic mass is 9.66. The Morgan fingerprint density at radius 3 is 2.56 bits per heavy atom. The number of Topliss-reactive ketones (excluding diaryl/α,β-unsaturated/α-hetero) is 1. The minimum Gasteiger partial charge on any atom is -0.384 e. The summed E-state index contributed by atoms with van der Waals surface area (Å²) in [4.78, 5) is 11.9. The molecule has 0 N–H and O–H groups in total. The molecule has 0 saturated heterocycles. The van der Waals surface area contributed by atoms with Gasteiger partial charge in [-0.25, -0.2) is 0 Å². The van der Waals surface area contributed by atoms with Gasteiger partial charge in [0.25, 0.3) is 0 Å². The van der Waals surface area contributed by atoms with Crippen LogP contribution >= 0.6 is 0 Å². The van der Waals surface area contributed by atoms with Crippen molar-refractivity contribution >= 4 is 5.78 Å². The molecule has 3 atom stereocenters. The summed E-state index contributed by atoms with van der Waals surface area (Å²) in [5.74, 6) is 1.71. The molecule has 0 amide bonds. The predicted octanol–water partition coefficient (Wildman–Crippen LogP) is 3.30. The first-order valence-corrected chi connectivity index (χ1v) is 6.38. The molecule has 94 valence electrons. The second-order valence-electron chi connectivity index (χ2n) is 6.34. The fraction of sp³-hybridized carbons (Fsp3) is 0.929. The van der Waals surface area contributed by atoms with Crippen molar-refractivity contribution in [2.45, 2.75) is 47.0 Å². The van der Waals surface area contributed by atoms with Crippen molar-refractivity contribution in [2.75, 3.05) is 13.7 Å². The summed E-state index contributed by atoms with van der Waals surface area (Å²) in [6.45, 7) is 9.69. The van der Waals surface area contributed by atoms with E-state index in [-0.39, 0.29) is 5.92 Å². The number of hydrogen-bond donors (Lipinski definition) is 0. The highest BCUT2D eigenvalue weighted by atomic mass is 16.5. The number of carbonyl (C=O) groups is 1. The molecule has 0 heterocycles. The Bertz CT molecular complexity index is 240. The molecule has 16 heavy (non-hydrogen) atoms. The van der Waals surface area contributed by atoms with Gasteiger partial charge in [-0.1, -0.05) is 27.7 Å². The SMILES string of the molecule is COCC(C)C1CC(C(C)(C)C)CCC1=O. The molecule has 0 spiro atoms. The van der Waals surface area contributed by atoms with Crippen LogP contribution in [0.25, 0.3) is 0 Å². The minimum atomic E-state index is 0.220. The second-order valence-corrected chi connectivity index (χ2v) is 6.34. The summed E-state index contributed by atoms with van der Waals surface area (Å²) in [5, 5.41) is 0. The largest absolute Gasteiger partial charge is 0.384 e. The highest BCUT2D eigenvalue weighted by Gasteiger charge is 2.37. The van der Waals surface area contributed by atoms with E-state index >= 15 is 0 Å². The third-order valence-corrected chi connectivity index (χ3v) is 4.03. The van der Waals surface area contributed by atoms with E-state index in [1.165, 1.54) is 0 Å². The number of ketones is 1. The normalized spacial score (nSPS) is 29.2. The average molecular weight is 226 g/mol. The summed E-state index contributed by atoms with van der Waals surface area (Å²) < 4.78 is 5.17. The Morgan fingerprint density at radius 2 is 2.06 bits per heavy atom. The number of carbonyl (C=O) groups excluding carboxylic acids is 1. The van der Waals surface area contributed by atoms with Crippen LogP contribution in [0.2, 0.25) is 0 Å². The fourth-order valence-electron chi connectivity index (χ4n) is 2.77. The van der Waals surface area contributed by atoms with Crippen LogP contribution in [0.4, 0.5) is 0 Å². The van der Waals surface area contributed by atoms with Crippen LogP contribution in [0.5, 0.6) is 0 Å². The molecule has 2 heteroatoms. The van der Waals surface area contributed by atoms with E-state index < -0.39 is 0 Å². The number of ether oxygens (including phenoxy) is 1. The van der Waals surface area contributed by atoms with Crippen LogP contribution in [-0.4, -0.2) is 19.5 Å². The smallest absolute Gasteiger partial charge is 0.136 e. The van der Waals surface area contributed by atoms with Crippen molar-refractivity contribution in [2.24, 2.45) is 23.2 Å². The fourth-order valence-corrected chi connectivity index (χ4v) is 2.77. The first kappa shape index (κ1) is 13.7. The van der Waals surface area contributed by atoms with Crippen molar-refractivity contribution in [3.8, 4) is 0 Å². The van der Waals surface area contributed by atoms with E-state index in [0.717, 1.165) is 19.3 Å². The van der Waals surface area contributed by atoms with E-state index in [0.29, 0.717) is 29.6 Å². The van der Waals surface area contributed by atoms with E-state index in [4.69, 9.17) is 4.74 Å². The molecule has 0 radical (unpaired) electrons. The van der Waals surface area contributed by atoms with Gasteiger partial charge in [0.1, 0.15) is 5.78 Å². The van der Waals surface area contributed by atoms with Crippen molar-refractivity contribution in [3.05, 3.63) is 0 Å². The zero-order valence-corrected chi connectivity index (χ0v) is 11.4. The van der Waals surface area contributed by atoms with Crippen LogP contribution in [0, 0.1) is 23.2 Å². The maximum atomic E-state index is 11.9. The lowest BCUT2D eigenvalue weighted by Gasteiger charge is -2.38. The van der Waals surface area contributed by atoms with Crippen molar-refractivity contribution in [3.63, 3.8) is 0 Å². The number of methoxy groups -OCH3 is 1. The first-order valence-electron chi connectivity index (χ1n) is 6.38. The Labute approximate surface area is 99.8 Å². The van der Waals surface area contributed by atoms with Crippen LogP contribution in [0.1, 0.15) is 47.0 Å². The van der Waals surface area contributed by atoms with Gasteiger partial charge in [0, 0.05) is 26.1 Å². The Kier molecular flexibility index (Phi) is 4.54. The lowest BCUT2D eigenvalue weighted by Crippen LogP contribution is -2.36. The Hall–Kier alpha value is -0.370. The molecular formula is C14H26O2. The van der Waals surface area contributed by atoms with Gasteiger partial charge in [-0.05, 0) is 30.1 Å². The van der Waals surface area contributed by atoms with Crippen LogP contribution < -0.4 is 0 Å². The van der Waals surface area contributed by atoms with Gasteiger partial charge in [0.05, 0.1) is 0 Å². The Balaban J connectivity index is 2.65. The molecule has 0 aromatic carbocycles. The van der Waals surface area contributed by atoms with Crippen LogP contribution in [-0.2, 0) is 9.53 Å². The topological polar surface area (TPSA) is 26.3 Å². The van der Waals surface area contributed by atoms with Crippen molar-refractivity contribution in [1.82, 2.24) is 0 Å². The van der Waals surface area contributed by atoms with Crippen molar-refractivity contribution in [1.29, 1.82) is 0 Å². The van der Waals surface area contributed by atoms with Gasteiger partial charge < -0.3 is 4.74 Å². The molecule has 1 fully saturated rings. The monoisotopic (exact) mass is 226 g/mol. The molecule has 0 aromatic heterocycles. The number of rotatable bonds is 3. The summed E-state index contributed by atoms with van der Waals surface area (Å²) in [5.41, 5.74) is 0.325. The molecule has 0 bridgehead atoms. The number of hydrogen-bond acceptors (Lipinski definition) is 2. The van der Waals surface area contributed by atoms with Gasteiger partial charge in [0.2, 0.25) is 0 Å². The third-order valence-electron chi connectivity index (χ3n) is 4.03. The summed E-state index contributed by atoms with van der Waals surface area (Å²) in [7, 11) is 1.71. The average Bonchev–Trinajstić information content (AvgIpc) is 2.16. The summed E-state index contributed by atoms with van der Waals surface area (Å²) in [6, 6.07) is 0. The molecule has 1 aliphatic rings. The van der Waals surface area contributed by atoms with Gasteiger partial charge in [-0.3, -0.25) is 4.79 Å². The highest BCUT2D eigenvalue weighted by Crippen LogP contribution is 2.41. The van der Waals surface area contributed by atoms with Crippen molar-refractivity contribution < 1.29 is 9.53 Å². The molecular weight excluding hydrogens is 200 g/mol. The third kappa shape index (κ3) is 3.31. The molecule has 0 aromatic rings. The first-order chi connectivity index (χ1) is 7.36. The molecule has 1 aliphatic carbocycles. The molecule has 0 aliphatic heterocycles. The minimum absolute atomic E-state index is 0.220. The molecule has 1 rings (SSSR count). The van der Waals surface area contributed by atoms with Crippen LogP contribution in [0.15, 0.2) is 0 Å². The van der Waals surface area contributed by atoms with E-state index in [1.807, 2.05) is 0 Å². The van der Waals surface area contributed by atoms with Gasteiger partial charge >= 0.3 is 0 Å². The lowest BCUT2D eigenvalue weighted by molar-refractivity contribution is -0.129. The van der Waals surface area contributed by atoms with E-state index in [1.54, 1.807) is 7.11 Å². The maximum Gasteiger partial charge on any atom is 0.136 e. The van der Waals surface area contributed by atoms with Crippen LogP contribution in [0.3, 0.4) is 0 Å². The maximum absolute atomic E-state index is 11.9. The zero-order valence-electron chi connectivity index (χ0n) is 11.4. The Morgan fingerprint density at radius 1 is 1.44 bits per heavy atom.